The number of halogens is 3. The van der Waals surface area contributed by atoms with Crippen LogP contribution in [0.3, 0.4) is 0 Å². The molecule has 2 aromatic heterocycles. The summed E-state index contributed by atoms with van der Waals surface area (Å²) in [4.78, 5) is 26.7. The summed E-state index contributed by atoms with van der Waals surface area (Å²) in [6.45, 7) is 7.27. The van der Waals surface area contributed by atoms with Crippen LogP contribution >= 0.6 is 0 Å². The van der Waals surface area contributed by atoms with Gasteiger partial charge in [0.2, 0.25) is 5.95 Å². The second-order valence-electron chi connectivity index (χ2n) is 8.85. The van der Waals surface area contributed by atoms with Crippen LogP contribution in [0.25, 0.3) is 11.1 Å². The zero-order valence-corrected chi connectivity index (χ0v) is 20.3. The molecule has 0 radical (unpaired) electrons. The number of hydrogen-bond donors (Lipinski definition) is 3. The molecule has 1 aliphatic rings. The molecule has 0 aliphatic carbocycles. The summed E-state index contributed by atoms with van der Waals surface area (Å²) in [6, 6.07) is 9.28. The van der Waals surface area contributed by atoms with E-state index in [4.69, 9.17) is 4.42 Å². The first-order chi connectivity index (χ1) is 17.7. The Morgan fingerprint density at radius 2 is 1.78 bits per heavy atom. The first kappa shape index (κ1) is 24.6. The van der Waals surface area contributed by atoms with Crippen LogP contribution in [0.1, 0.15) is 18.1 Å². The molecule has 37 heavy (non-hydrogen) atoms. The van der Waals surface area contributed by atoms with Crippen molar-refractivity contribution in [1.29, 1.82) is 0 Å². The SMILES string of the molecule is CCN1CCN(c2ccc(Nc3ncc(C)c(Nc4ccc5oc(=O)[nH]c5c4)n3)cc2C(F)(F)F)CC1. The molecule has 0 amide bonds. The number of anilines is 5. The number of fused-ring (bicyclic) bond motifs is 1. The van der Waals surface area contributed by atoms with Crippen molar-refractivity contribution in [2.75, 3.05) is 48.3 Å². The smallest absolute Gasteiger partial charge is 0.408 e. The number of piperazine rings is 1. The molecule has 1 aliphatic heterocycles. The summed E-state index contributed by atoms with van der Waals surface area (Å²) in [5.41, 5.74) is 2.02. The Bertz CT molecular complexity index is 1470. The summed E-state index contributed by atoms with van der Waals surface area (Å²) in [7, 11) is 0. The average Bonchev–Trinajstić information content (AvgIpc) is 3.25. The third-order valence-electron chi connectivity index (χ3n) is 6.37. The minimum Gasteiger partial charge on any atom is -0.408 e. The number of aromatic amines is 1. The van der Waals surface area contributed by atoms with Crippen molar-refractivity contribution in [3.63, 3.8) is 0 Å². The van der Waals surface area contributed by atoms with Gasteiger partial charge in [0, 0.05) is 55.0 Å². The summed E-state index contributed by atoms with van der Waals surface area (Å²) in [6.07, 6.45) is -2.94. The molecule has 0 atom stereocenters. The van der Waals surface area contributed by atoms with Crippen LogP contribution in [0.15, 0.2) is 51.8 Å². The number of H-pyrrole nitrogens is 1. The Balaban J connectivity index is 1.38. The van der Waals surface area contributed by atoms with Crippen molar-refractivity contribution < 1.29 is 17.6 Å². The van der Waals surface area contributed by atoms with E-state index >= 15 is 0 Å². The van der Waals surface area contributed by atoms with E-state index in [-0.39, 0.29) is 17.3 Å². The Morgan fingerprint density at radius 3 is 2.51 bits per heavy atom. The number of alkyl halides is 3. The van der Waals surface area contributed by atoms with E-state index in [0.29, 0.717) is 35.7 Å². The van der Waals surface area contributed by atoms with Gasteiger partial charge < -0.3 is 24.9 Å². The van der Waals surface area contributed by atoms with Gasteiger partial charge in [0.15, 0.2) is 5.58 Å². The molecule has 0 unspecified atom stereocenters. The Morgan fingerprint density at radius 1 is 1.05 bits per heavy atom. The first-order valence-electron chi connectivity index (χ1n) is 11.9. The summed E-state index contributed by atoms with van der Waals surface area (Å²) < 4.78 is 47.0. The minimum absolute atomic E-state index is 0.142. The highest BCUT2D eigenvalue weighted by molar-refractivity contribution is 5.78. The highest BCUT2D eigenvalue weighted by Gasteiger charge is 2.36. The van der Waals surface area contributed by atoms with Crippen LogP contribution in [-0.4, -0.2) is 52.6 Å². The molecule has 4 aromatic rings. The second kappa shape index (κ2) is 9.77. The Kier molecular flexibility index (Phi) is 6.50. The number of rotatable bonds is 6. The van der Waals surface area contributed by atoms with Gasteiger partial charge in [0.05, 0.1) is 11.1 Å². The largest absolute Gasteiger partial charge is 0.418 e. The molecule has 194 valence electrons. The van der Waals surface area contributed by atoms with Crippen molar-refractivity contribution in [1.82, 2.24) is 19.9 Å². The maximum Gasteiger partial charge on any atom is 0.418 e. The lowest BCUT2D eigenvalue weighted by Gasteiger charge is -2.36. The van der Waals surface area contributed by atoms with E-state index in [1.807, 2.05) is 6.92 Å². The van der Waals surface area contributed by atoms with Crippen LogP contribution in [0.4, 0.5) is 42.0 Å². The van der Waals surface area contributed by atoms with Crippen LogP contribution in [0.2, 0.25) is 0 Å². The van der Waals surface area contributed by atoms with E-state index in [9.17, 15) is 18.0 Å². The number of likely N-dealkylation sites (N-methyl/N-ethyl adjacent to an activating group) is 1. The molecular weight excluding hydrogens is 487 g/mol. The van der Waals surface area contributed by atoms with Gasteiger partial charge in [-0.05, 0) is 49.9 Å². The van der Waals surface area contributed by atoms with Crippen molar-refractivity contribution in [3.8, 4) is 0 Å². The molecule has 9 nitrogen and oxygen atoms in total. The van der Waals surface area contributed by atoms with E-state index in [0.717, 1.165) is 31.3 Å². The van der Waals surface area contributed by atoms with Crippen molar-refractivity contribution in [2.24, 2.45) is 0 Å². The lowest BCUT2D eigenvalue weighted by atomic mass is 10.1. The maximum absolute atomic E-state index is 14.0. The van der Waals surface area contributed by atoms with Crippen LogP contribution < -0.4 is 21.3 Å². The minimum atomic E-state index is -4.51. The Hall–Kier alpha value is -4.06. The molecule has 0 bridgehead atoms. The van der Waals surface area contributed by atoms with Crippen LogP contribution in [0.5, 0.6) is 0 Å². The average molecular weight is 514 g/mol. The number of benzene rings is 2. The van der Waals surface area contributed by atoms with Gasteiger partial charge >= 0.3 is 11.9 Å². The number of nitrogens with zero attached hydrogens (tertiary/aromatic N) is 4. The zero-order valence-electron chi connectivity index (χ0n) is 20.3. The standard InChI is InChI=1S/C25H26F3N7O2/c1-3-34-8-10-35(11-9-34)20-6-4-16(12-18(20)25(26,27)28)31-23-29-14-15(2)22(33-23)30-17-5-7-21-19(13-17)32-24(36)37-21/h4-7,12-14H,3,8-11H2,1-2H3,(H,32,36)(H2,29,30,31,33). The Labute approximate surface area is 210 Å². The summed E-state index contributed by atoms with van der Waals surface area (Å²) in [5.74, 6) is 0.0526. The zero-order chi connectivity index (χ0) is 26.2. The fourth-order valence-electron chi connectivity index (χ4n) is 4.35. The lowest BCUT2D eigenvalue weighted by molar-refractivity contribution is -0.137. The normalized spacial score (nSPS) is 14.8. The number of hydrogen-bond acceptors (Lipinski definition) is 8. The molecular formula is C25H26F3N7O2. The lowest BCUT2D eigenvalue weighted by Crippen LogP contribution is -2.46. The number of oxazole rings is 1. The van der Waals surface area contributed by atoms with Gasteiger partial charge in [-0.15, -0.1) is 0 Å². The highest BCUT2D eigenvalue weighted by Crippen LogP contribution is 2.39. The number of aryl methyl sites for hydroxylation is 1. The van der Waals surface area contributed by atoms with Crippen LogP contribution in [0, 0.1) is 6.92 Å². The van der Waals surface area contributed by atoms with Gasteiger partial charge in [-0.25, -0.2) is 9.78 Å². The van der Waals surface area contributed by atoms with Gasteiger partial charge in [0.25, 0.3) is 0 Å². The highest BCUT2D eigenvalue weighted by atomic mass is 19.4. The molecule has 2 aromatic carbocycles. The summed E-state index contributed by atoms with van der Waals surface area (Å²) in [5, 5.41) is 6.05. The number of nitrogens with one attached hydrogen (secondary N) is 3. The maximum atomic E-state index is 14.0. The summed E-state index contributed by atoms with van der Waals surface area (Å²) >= 11 is 0. The topological polar surface area (TPSA) is 102 Å². The third-order valence-corrected chi connectivity index (χ3v) is 6.37. The molecule has 5 rings (SSSR count). The van der Waals surface area contributed by atoms with E-state index < -0.39 is 17.5 Å². The van der Waals surface area contributed by atoms with E-state index in [1.165, 1.54) is 6.07 Å². The van der Waals surface area contributed by atoms with E-state index in [2.05, 4.69) is 30.5 Å². The quantitative estimate of drug-likeness (QED) is 0.336. The molecule has 12 heteroatoms. The predicted molar refractivity (Wildman–Crippen MR) is 136 cm³/mol. The second-order valence-corrected chi connectivity index (χ2v) is 8.85. The van der Waals surface area contributed by atoms with Gasteiger partial charge in [0.1, 0.15) is 5.82 Å². The van der Waals surface area contributed by atoms with Gasteiger partial charge in [-0.1, -0.05) is 6.92 Å². The van der Waals surface area contributed by atoms with Crippen molar-refractivity contribution in [2.45, 2.75) is 20.0 Å². The van der Waals surface area contributed by atoms with Crippen molar-refractivity contribution >= 4 is 39.9 Å². The monoisotopic (exact) mass is 513 g/mol. The van der Waals surface area contributed by atoms with Gasteiger partial charge in [-0.2, -0.15) is 18.2 Å². The fraction of sp³-hybridized carbons (Fsp3) is 0.320. The van der Waals surface area contributed by atoms with E-state index in [1.54, 1.807) is 42.3 Å². The molecule has 3 heterocycles. The molecule has 0 spiro atoms. The number of aromatic nitrogens is 3. The molecule has 0 saturated carbocycles. The molecule has 3 N–H and O–H groups in total. The molecule has 1 saturated heterocycles. The third kappa shape index (κ3) is 5.38. The van der Waals surface area contributed by atoms with Crippen LogP contribution in [-0.2, 0) is 6.18 Å². The van der Waals surface area contributed by atoms with Gasteiger partial charge in [-0.3, -0.25) is 4.98 Å². The van der Waals surface area contributed by atoms with Crippen molar-refractivity contribution in [3.05, 3.63) is 64.3 Å². The molecule has 1 fully saturated rings. The predicted octanol–water partition coefficient (Wildman–Crippen LogP) is 4.87. The fourth-order valence-corrected chi connectivity index (χ4v) is 4.35. The first-order valence-corrected chi connectivity index (χ1v) is 11.9.